The van der Waals surface area contributed by atoms with Crippen LogP contribution < -0.4 is 5.32 Å². The molecule has 1 aliphatic rings. The highest BCUT2D eigenvalue weighted by molar-refractivity contribution is 7.89. The van der Waals surface area contributed by atoms with Crippen molar-refractivity contribution in [3.8, 4) is 0 Å². The number of aromatic nitrogens is 2. The van der Waals surface area contributed by atoms with Crippen LogP contribution in [0.15, 0.2) is 53.4 Å². The van der Waals surface area contributed by atoms with Gasteiger partial charge in [0.1, 0.15) is 10.8 Å². The first-order valence-electron chi connectivity index (χ1n) is 9.03. The average Bonchev–Trinajstić information content (AvgIpc) is 3.39. The third-order valence-corrected chi connectivity index (χ3v) is 7.81. The number of benzene rings is 2. The number of amides is 1. The van der Waals surface area contributed by atoms with E-state index in [1.807, 2.05) is 0 Å². The zero-order chi connectivity index (χ0) is 21.3. The molecule has 1 fully saturated rings. The van der Waals surface area contributed by atoms with E-state index in [4.69, 9.17) is 11.6 Å². The highest BCUT2D eigenvalue weighted by Gasteiger charge is 2.38. The minimum absolute atomic E-state index is 0.0280. The number of carbonyl (C=O) groups is 1. The molecule has 3 aromatic rings. The summed E-state index contributed by atoms with van der Waals surface area (Å²) in [5, 5.41) is 11.1. The van der Waals surface area contributed by atoms with Gasteiger partial charge >= 0.3 is 0 Å². The Bertz CT molecular complexity index is 1200. The van der Waals surface area contributed by atoms with Crippen molar-refractivity contribution in [2.24, 2.45) is 0 Å². The maximum Gasteiger partial charge on any atom is 0.286 e. The number of hydrogen-bond donors (Lipinski definition) is 1. The maximum atomic E-state index is 13.8. The van der Waals surface area contributed by atoms with Crippen LogP contribution in [0.25, 0.3) is 0 Å². The van der Waals surface area contributed by atoms with E-state index in [-0.39, 0.29) is 15.6 Å². The molecular weight excluding hydrogens is 451 g/mol. The van der Waals surface area contributed by atoms with E-state index in [1.54, 1.807) is 18.2 Å². The van der Waals surface area contributed by atoms with E-state index in [2.05, 4.69) is 15.5 Å². The van der Waals surface area contributed by atoms with Gasteiger partial charge in [0.15, 0.2) is 0 Å². The van der Waals surface area contributed by atoms with Crippen molar-refractivity contribution in [2.75, 3.05) is 11.9 Å². The number of anilines is 1. The average molecular weight is 467 g/mol. The summed E-state index contributed by atoms with van der Waals surface area (Å²) in [7, 11) is -3.79. The maximum absolute atomic E-state index is 13.8. The number of rotatable bonds is 5. The van der Waals surface area contributed by atoms with Crippen LogP contribution >= 0.6 is 22.9 Å². The molecule has 1 N–H and O–H groups in total. The van der Waals surface area contributed by atoms with E-state index >= 15 is 0 Å². The molecule has 1 atom stereocenters. The van der Waals surface area contributed by atoms with Crippen molar-refractivity contribution in [1.82, 2.24) is 14.5 Å². The Labute approximate surface area is 181 Å². The van der Waals surface area contributed by atoms with Crippen LogP contribution in [0.1, 0.15) is 33.7 Å². The van der Waals surface area contributed by atoms with Gasteiger partial charge in [0.25, 0.3) is 5.91 Å². The Morgan fingerprint density at radius 3 is 2.77 bits per heavy atom. The van der Waals surface area contributed by atoms with Crippen molar-refractivity contribution in [2.45, 2.75) is 23.8 Å². The van der Waals surface area contributed by atoms with Gasteiger partial charge in [-0.3, -0.25) is 4.79 Å². The van der Waals surface area contributed by atoms with Crippen molar-refractivity contribution in [3.05, 3.63) is 69.4 Å². The van der Waals surface area contributed by atoms with Gasteiger partial charge < -0.3 is 5.32 Å². The number of nitrogens with zero attached hydrogens (tertiary/aromatic N) is 3. The highest BCUT2D eigenvalue weighted by atomic mass is 35.5. The number of carbonyl (C=O) groups excluding carboxylic acids is 1. The summed E-state index contributed by atoms with van der Waals surface area (Å²) in [6.07, 6.45) is 1.21. The molecule has 30 heavy (non-hydrogen) atoms. The van der Waals surface area contributed by atoms with Gasteiger partial charge in [-0.2, -0.15) is 4.31 Å². The van der Waals surface area contributed by atoms with Crippen molar-refractivity contribution in [3.63, 3.8) is 0 Å². The Kier molecular flexibility index (Phi) is 5.83. The van der Waals surface area contributed by atoms with E-state index in [0.717, 1.165) is 11.3 Å². The lowest BCUT2D eigenvalue weighted by molar-refractivity contribution is 0.102. The molecule has 2 heterocycles. The van der Waals surface area contributed by atoms with Crippen molar-refractivity contribution < 1.29 is 17.6 Å². The molecule has 2 aromatic carbocycles. The molecule has 4 rings (SSSR count). The second-order valence-corrected chi connectivity index (χ2v) is 9.95. The third kappa shape index (κ3) is 4.08. The van der Waals surface area contributed by atoms with Crippen LogP contribution in [0.2, 0.25) is 5.02 Å². The molecule has 0 aliphatic carbocycles. The summed E-state index contributed by atoms with van der Waals surface area (Å²) < 4.78 is 41.3. The number of hydrogen-bond acceptors (Lipinski definition) is 6. The topological polar surface area (TPSA) is 92.3 Å². The summed E-state index contributed by atoms with van der Waals surface area (Å²) in [6, 6.07) is 11.3. The number of nitrogens with one attached hydrogen (secondary N) is 1. The monoisotopic (exact) mass is 466 g/mol. The van der Waals surface area contributed by atoms with E-state index in [0.29, 0.717) is 29.4 Å². The molecule has 1 aromatic heterocycles. The summed E-state index contributed by atoms with van der Waals surface area (Å²) in [5.41, 5.74) is 0.0327. The molecule has 1 saturated heterocycles. The standard InChI is InChI=1S/C19H16ClFN4O3S2/c20-12-5-3-6-13(11-12)30(27,28)25-10-4-9-16(25)18-23-24-19(29-18)17(26)22-15-8-2-1-7-14(15)21/h1-3,5-8,11,16H,4,9-10H2,(H,22,26)/t16-/m0/s1. The fraction of sp³-hybridized carbons (Fsp3) is 0.211. The SMILES string of the molecule is O=C(Nc1ccccc1F)c1nnc([C@@H]2CCCN2S(=O)(=O)c2cccc(Cl)c2)s1. The molecule has 0 radical (unpaired) electrons. The first-order valence-corrected chi connectivity index (χ1v) is 11.7. The van der Waals surface area contributed by atoms with Crippen molar-refractivity contribution in [1.29, 1.82) is 0 Å². The number of para-hydroxylation sites is 1. The van der Waals surface area contributed by atoms with Gasteiger partial charge in [0.05, 0.1) is 16.6 Å². The predicted octanol–water partition coefficient (Wildman–Crippen LogP) is 4.11. The second-order valence-electron chi connectivity index (χ2n) is 6.61. The van der Waals surface area contributed by atoms with Crippen LogP contribution in [0.4, 0.5) is 10.1 Å². The van der Waals surface area contributed by atoms with Crippen LogP contribution in [0.5, 0.6) is 0 Å². The Balaban J connectivity index is 1.56. The van der Waals surface area contributed by atoms with Gasteiger partial charge in [-0.25, -0.2) is 12.8 Å². The van der Waals surface area contributed by atoms with Crippen LogP contribution in [-0.2, 0) is 10.0 Å². The normalized spacial score (nSPS) is 17.2. The quantitative estimate of drug-likeness (QED) is 0.611. The molecule has 7 nitrogen and oxygen atoms in total. The minimum Gasteiger partial charge on any atom is -0.317 e. The smallest absolute Gasteiger partial charge is 0.286 e. The Morgan fingerprint density at radius 2 is 2.00 bits per heavy atom. The lowest BCUT2D eigenvalue weighted by Crippen LogP contribution is -2.30. The largest absolute Gasteiger partial charge is 0.317 e. The molecular formula is C19H16ClFN4O3S2. The second kappa shape index (κ2) is 8.38. The number of sulfonamides is 1. The summed E-state index contributed by atoms with van der Waals surface area (Å²) in [6.45, 7) is 0.329. The van der Waals surface area contributed by atoms with Gasteiger partial charge in [-0.05, 0) is 43.2 Å². The molecule has 1 aliphatic heterocycles. The molecule has 156 valence electrons. The minimum atomic E-state index is -3.79. The van der Waals surface area contributed by atoms with E-state index in [9.17, 15) is 17.6 Å². The zero-order valence-electron chi connectivity index (χ0n) is 15.5. The molecule has 11 heteroatoms. The van der Waals surface area contributed by atoms with Crippen LogP contribution in [0, 0.1) is 5.82 Å². The molecule has 0 spiro atoms. The lowest BCUT2D eigenvalue weighted by Gasteiger charge is -2.22. The molecule has 0 saturated carbocycles. The third-order valence-electron chi connectivity index (χ3n) is 4.65. The van der Waals surface area contributed by atoms with E-state index in [1.165, 1.54) is 34.6 Å². The fourth-order valence-electron chi connectivity index (χ4n) is 3.24. The van der Waals surface area contributed by atoms with E-state index < -0.39 is 27.8 Å². The molecule has 0 unspecified atom stereocenters. The first kappa shape index (κ1) is 20.9. The molecule has 0 bridgehead atoms. The lowest BCUT2D eigenvalue weighted by atomic mass is 10.2. The fourth-order valence-corrected chi connectivity index (χ4v) is 6.15. The van der Waals surface area contributed by atoms with Gasteiger partial charge in [-0.15, -0.1) is 10.2 Å². The highest BCUT2D eigenvalue weighted by Crippen LogP contribution is 2.38. The zero-order valence-corrected chi connectivity index (χ0v) is 17.8. The van der Waals surface area contributed by atoms with Crippen LogP contribution in [0.3, 0.4) is 0 Å². The summed E-state index contributed by atoms with van der Waals surface area (Å²) in [5.74, 6) is -1.17. The Hall–Kier alpha value is -2.40. The summed E-state index contributed by atoms with van der Waals surface area (Å²) in [4.78, 5) is 12.5. The first-order chi connectivity index (χ1) is 14.4. The van der Waals surface area contributed by atoms with Gasteiger partial charge in [-0.1, -0.05) is 41.1 Å². The predicted molar refractivity (Wildman–Crippen MR) is 112 cm³/mol. The van der Waals surface area contributed by atoms with Crippen molar-refractivity contribution >= 4 is 44.6 Å². The molecule has 1 amide bonds. The number of halogens is 2. The van der Waals surface area contributed by atoms with Gasteiger partial charge in [0, 0.05) is 11.6 Å². The summed E-state index contributed by atoms with van der Waals surface area (Å²) >= 11 is 6.95. The van der Waals surface area contributed by atoms with Gasteiger partial charge in [0.2, 0.25) is 15.0 Å². The van der Waals surface area contributed by atoms with Crippen LogP contribution in [-0.4, -0.2) is 35.4 Å². The Morgan fingerprint density at radius 1 is 1.20 bits per heavy atom.